The molecule has 33 heavy (non-hydrogen) atoms. The number of rotatable bonds is 9. The maximum Gasteiger partial charge on any atom is 0.264 e. The normalized spacial score (nSPS) is 11.0. The SMILES string of the molecule is COc1ccc(S(=O)(=O)N(CC(=O)NCc2ccccc2C)c2ccc(Cl)cc2)cc1OC. The number of sulfonamides is 1. The molecule has 1 N–H and O–H groups in total. The highest BCUT2D eigenvalue weighted by Crippen LogP contribution is 2.32. The molecule has 0 saturated heterocycles. The topological polar surface area (TPSA) is 84.9 Å². The molecule has 0 unspecified atom stereocenters. The number of aryl methyl sites for hydroxylation is 1. The van der Waals surface area contributed by atoms with Crippen LogP contribution in [0.15, 0.2) is 71.6 Å². The molecule has 0 aliphatic heterocycles. The summed E-state index contributed by atoms with van der Waals surface area (Å²) in [5.41, 5.74) is 2.29. The van der Waals surface area contributed by atoms with Crippen LogP contribution in [0.25, 0.3) is 0 Å². The van der Waals surface area contributed by atoms with Gasteiger partial charge >= 0.3 is 0 Å². The number of hydrogen-bond acceptors (Lipinski definition) is 5. The fourth-order valence-electron chi connectivity index (χ4n) is 3.22. The second-order valence-corrected chi connectivity index (χ2v) is 9.51. The molecule has 0 bridgehead atoms. The number of amides is 1. The van der Waals surface area contributed by atoms with E-state index in [-0.39, 0.29) is 17.2 Å². The zero-order chi connectivity index (χ0) is 24.0. The van der Waals surface area contributed by atoms with Crippen molar-refractivity contribution in [1.29, 1.82) is 0 Å². The van der Waals surface area contributed by atoms with Crippen LogP contribution < -0.4 is 19.1 Å². The van der Waals surface area contributed by atoms with Crippen molar-refractivity contribution in [2.75, 3.05) is 25.1 Å². The predicted molar refractivity (Wildman–Crippen MR) is 129 cm³/mol. The Morgan fingerprint density at radius 2 is 1.64 bits per heavy atom. The number of nitrogens with zero attached hydrogens (tertiary/aromatic N) is 1. The van der Waals surface area contributed by atoms with E-state index in [1.165, 1.54) is 32.4 Å². The number of halogens is 1. The molecule has 174 valence electrons. The van der Waals surface area contributed by atoms with Crippen LogP contribution in [0.4, 0.5) is 5.69 Å². The van der Waals surface area contributed by atoms with Crippen LogP contribution in [0, 0.1) is 6.92 Å². The van der Waals surface area contributed by atoms with E-state index in [1.54, 1.807) is 24.3 Å². The largest absolute Gasteiger partial charge is 0.493 e. The molecule has 0 fully saturated rings. The Hall–Kier alpha value is -3.23. The van der Waals surface area contributed by atoms with Gasteiger partial charge in [-0.1, -0.05) is 35.9 Å². The summed E-state index contributed by atoms with van der Waals surface area (Å²) in [6, 6.07) is 18.2. The number of carbonyl (C=O) groups is 1. The zero-order valence-corrected chi connectivity index (χ0v) is 20.1. The molecule has 0 radical (unpaired) electrons. The molecule has 0 heterocycles. The van der Waals surface area contributed by atoms with Crippen LogP contribution >= 0.6 is 11.6 Å². The molecule has 1 amide bonds. The average molecular weight is 489 g/mol. The van der Waals surface area contributed by atoms with E-state index in [2.05, 4.69) is 5.32 Å². The van der Waals surface area contributed by atoms with Crippen molar-refractivity contribution < 1.29 is 22.7 Å². The van der Waals surface area contributed by atoms with E-state index >= 15 is 0 Å². The van der Waals surface area contributed by atoms with Gasteiger partial charge < -0.3 is 14.8 Å². The molecule has 3 aromatic rings. The number of anilines is 1. The van der Waals surface area contributed by atoms with E-state index in [0.717, 1.165) is 15.4 Å². The molecule has 0 saturated carbocycles. The Morgan fingerprint density at radius 1 is 0.970 bits per heavy atom. The Bertz CT molecular complexity index is 1230. The van der Waals surface area contributed by atoms with Crippen LogP contribution in [-0.4, -0.2) is 35.1 Å². The fourth-order valence-corrected chi connectivity index (χ4v) is 4.78. The Labute approximate surface area is 198 Å². The number of nitrogens with one attached hydrogen (secondary N) is 1. The maximum absolute atomic E-state index is 13.6. The van der Waals surface area contributed by atoms with E-state index in [1.807, 2.05) is 31.2 Å². The summed E-state index contributed by atoms with van der Waals surface area (Å²) in [4.78, 5) is 12.8. The lowest BCUT2D eigenvalue weighted by Crippen LogP contribution is -2.40. The smallest absolute Gasteiger partial charge is 0.264 e. The van der Waals surface area contributed by atoms with Gasteiger partial charge in [-0.3, -0.25) is 9.10 Å². The fraction of sp³-hybridized carbons (Fsp3) is 0.208. The first-order valence-electron chi connectivity index (χ1n) is 10.1. The highest BCUT2D eigenvalue weighted by Gasteiger charge is 2.28. The Balaban J connectivity index is 1.92. The molecule has 0 spiro atoms. The summed E-state index contributed by atoms with van der Waals surface area (Å²) in [5.74, 6) is 0.210. The van der Waals surface area contributed by atoms with Crippen LogP contribution in [0.1, 0.15) is 11.1 Å². The van der Waals surface area contributed by atoms with Gasteiger partial charge in [0.1, 0.15) is 6.54 Å². The number of methoxy groups -OCH3 is 2. The van der Waals surface area contributed by atoms with Crippen molar-refractivity contribution in [1.82, 2.24) is 5.32 Å². The maximum atomic E-state index is 13.6. The van der Waals surface area contributed by atoms with Gasteiger partial charge in [0.15, 0.2) is 11.5 Å². The van der Waals surface area contributed by atoms with E-state index in [9.17, 15) is 13.2 Å². The lowest BCUT2D eigenvalue weighted by atomic mass is 10.1. The summed E-state index contributed by atoms with van der Waals surface area (Å²) in [6.07, 6.45) is 0. The summed E-state index contributed by atoms with van der Waals surface area (Å²) >= 11 is 5.98. The molecule has 0 aliphatic rings. The molecular weight excluding hydrogens is 464 g/mol. The van der Waals surface area contributed by atoms with Crippen molar-refractivity contribution in [2.45, 2.75) is 18.4 Å². The molecule has 0 aromatic heterocycles. The quantitative estimate of drug-likeness (QED) is 0.488. The minimum Gasteiger partial charge on any atom is -0.493 e. The van der Waals surface area contributed by atoms with Gasteiger partial charge in [0, 0.05) is 17.6 Å². The van der Waals surface area contributed by atoms with Crippen LogP contribution in [0.2, 0.25) is 5.02 Å². The second-order valence-electron chi connectivity index (χ2n) is 7.21. The van der Waals surface area contributed by atoms with Crippen LogP contribution in [0.5, 0.6) is 11.5 Å². The van der Waals surface area contributed by atoms with Crippen molar-refractivity contribution in [3.05, 3.63) is 82.9 Å². The van der Waals surface area contributed by atoms with Gasteiger partial charge in [0.2, 0.25) is 5.91 Å². The molecule has 0 atom stereocenters. The predicted octanol–water partition coefficient (Wildman–Crippen LogP) is 4.18. The number of hydrogen-bond donors (Lipinski definition) is 1. The van der Waals surface area contributed by atoms with Crippen molar-refractivity contribution in [2.24, 2.45) is 0 Å². The lowest BCUT2D eigenvalue weighted by molar-refractivity contribution is -0.119. The lowest BCUT2D eigenvalue weighted by Gasteiger charge is -2.24. The number of ether oxygens (including phenoxy) is 2. The molecule has 0 aliphatic carbocycles. The summed E-state index contributed by atoms with van der Waals surface area (Å²) < 4.78 is 38.6. The van der Waals surface area contributed by atoms with Gasteiger partial charge in [0.05, 0.1) is 24.8 Å². The van der Waals surface area contributed by atoms with Crippen molar-refractivity contribution >= 4 is 33.2 Å². The van der Waals surface area contributed by atoms with Gasteiger partial charge in [-0.15, -0.1) is 0 Å². The number of benzene rings is 3. The van der Waals surface area contributed by atoms with Gasteiger partial charge in [-0.25, -0.2) is 8.42 Å². The monoisotopic (exact) mass is 488 g/mol. The third kappa shape index (κ3) is 5.77. The van der Waals surface area contributed by atoms with E-state index in [0.29, 0.717) is 16.5 Å². The summed E-state index contributed by atoms with van der Waals surface area (Å²) in [7, 11) is -1.23. The van der Waals surface area contributed by atoms with Gasteiger partial charge in [-0.2, -0.15) is 0 Å². The Kier molecular flexibility index (Phi) is 7.84. The molecule has 3 rings (SSSR count). The zero-order valence-electron chi connectivity index (χ0n) is 18.5. The minimum absolute atomic E-state index is 0.0400. The minimum atomic E-state index is -4.12. The van der Waals surface area contributed by atoms with Crippen LogP contribution in [0.3, 0.4) is 0 Å². The van der Waals surface area contributed by atoms with Gasteiger partial charge in [0.25, 0.3) is 10.0 Å². The average Bonchev–Trinajstić information content (AvgIpc) is 2.82. The molecule has 3 aromatic carbocycles. The van der Waals surface area contributed by atoms with E-state index in [4.69, 9.17) is 21.1 Å². The second kappa shape index (κ2) is 10.6. The third-order valence-corrected chi connectivity index (χ3v) is 7.10. The van der Waals surface area contributed by atoms with Crippen LogP contribution in [-0.2, 0) is 21.4 Å². The summed E-state index contributed by atoms with van der Waals surface area (Å²) in [5, 5.41) is 3.25. The molecule has 7 nitrogen and oxygen atoms in total. The first kappa shape index (κ1) is 24.4. The van der Waals surface area contributed by atoms with Crippen molar-refractivity contribution in [3.63, 3.8) is 0 Å². The Morgan fingerprint density at radius 3 is 2.27 bits per heavy atom. The van der Waals surface area contributed by atoms with Crippen molar-refractivity contribution in [3.8, 4) is 11.5 Å². The molecular formula is C24H25ClN2O5S. The first-order valence-corrected chi connectivity index (χ1v) is 11.9. The number of carbonyl (C=O) groups excluding carboxylic acids is 1. The third-order valence-electron chi connectivity index (χ3n) is 5.08. The summed E-state index contributed by atoms with van der Waals surface area (Å²) in [6.45, 7) is 1.82. The standard InChI is InChI=1S/C24H25ClN2O5S/c1-17-6-4-5-7-18(17)15-26-24(28)16-27(20-10-8-19(25)9-11-20)33(29,30)21-12-13-22(31-2)23(14-21)32-3/h4-14H,15-16H2,1-3H3,(H,26,28). The first-order chi connectivity index (χ1) is 15.8. The van der Waals surface area contributed by atoms with E-state index < -0.39 is 22.5 Å². The van der Waals surface area contributed by atoms with Gasteiger partial charge in [-0.05, 0) is 54.4 Å². The highest BCUT2D eigenvalue weighted by molar-refractivity contribution is 7.92. The highest BCUT2D eigenvalue weighted by atomic mass is 35.5. The molecule has 9 heteroatoms.